The van der Waals surface area contributed by atoms with Crippen LogP contribution in [0.4, 0.5) is 17.5 Å². The van der Waals surface area contributed by atoms with Crippen molar-refractivity contribution in [2.45, 2.75) is 57.5 Å². The summed E-state index contributed by atoms with van der Waals surface area (Å²) >= 11 is 0. The minimum absolute atomic E-state index is 0.217. The molecule has 3 rings (SSSR count). The SMILES string of the molecule is CCCNc1nc(Nc2ccc(C(N)=O)cc2)ncc1C(=O)NCCCNC1CCCC[C@@H]1N. The van der Waals surface area contributed by atoms with Gasteiger partial charge in [-0.2, -0.15) is 4.98 Å². The number of hydrogen-bond donors (Lipinski definition) is 6. The first-order chi connectivity index (χ1) is 16.5. The monoisotopic (exact) mass is 468 g/mol. The lowest BCUT2D eigenvalue weighted by Crippen LogP contribution is -2.47. The Morgan fingerprint density at radius 3 is 2.56 bits per heavy atom. The van der Waals surface area contributed by atoms with E-state index in [-0.39, 0.29) is 11.9 Å². The summed E-state index contributed by atoms with van der Waals surface area (Å²) in [5.41, 5.74) is 13.0. The lowest BCUT2D eigenvalue weighted by atomic mass is 9.91. The molecular formula is C24H36N8O2. The van der Waals surface area contributed by atoms with Gasteiger partial charge in [-0.05, 0) is 56.5 Å². The van der Waals surface area contributed by atoms with Gasteiger partial charge in [0.1, 0.15) is 11.4 Å². The van der Waals surface area contributed by atoms with Crippen LogP contribution in [-0.2, 0) is 0 Å². The molecule has 1 aromatic heterocycles. The molecule has 1 aromatic carbocycles. The average molecular weight is 469 g/mol. The van der Waals surface area contributed by atoms with Gasteiger partial charge in [-0.3, -0.25) is 9.59 Å². The number of carbonyl (C=O) groups excluding carboxylic acids is 2. The van der Waals surface area contributed by atoms with Gasteiger partial charge >= 0.3 is 0 Å². The maximum atomic E-state index is 12.8. The number of carbonyl (C=O) groups is 2. The quantitative estimate of drug-likeness (QED) is 0.258. The van der Waals surface area contributed by atoms with Gasteiger partial charge in [0.15, 0.2) is 0 Å². The zero-order valence-electron chi connectivity index (χ0n) is 19.8. The topological polar surface area (TPSA) is 160 Å². The van der Waals surface area contributed by atoms with Crippen molar-refractivity contribution in [1.82, 2.24) is 20.6 Å². The molecule has 0 saturated heterocycles. The number of hydrogen-bond acceptors (Lipinski definition) is 8. The number of primary amides is 1. The molecule has 2 aromatic rings. The van der Waals surface area contributed by atoms with Crippen LogP contribution < -0.4 is 32.7 Å². The Morgan fingerprint density at radius 2 is 1.85 bits per heavy atom. The highest BCUT2D eigenvalue weighted by atomic mass is 16.2. The van der Waals surface area contributed by atoms with Crippen molar-refractivity contribution >= 4 is 29.3 Å². The normalized spacial score (nSPS) is 17.7. The van der Waals surface area contributed by atoms with Crippen molar-refractivity contribution in [3.8, 4) is 0 Å². The predicted molar refractivity (Wildman–Crippen MR) is 134 cm³/mol. The smallest absolute Gasteiger partial charge is 0.256 e. The molecule has 184 valence electrons. The lowest BCUT2D eigenvalue weighted by molar-refractivity contribution is 0.0951. The van der Waals surface area contributed by atoms with Gasteiger partial charge in [-0.1, -0.05) is 19.8 Å². The third kappa shape index (κ3) is 7.39. The average Bonchev–Trinajstić information content (AvgIpc) is 2.84. The van der Waals surface area contributed by atoms with Crippen LogP contribution in [0.1, 0.15) is 66.2 Å². The minimum atomic E-state index is -0.488. The van der Waals surface area contributed by atoms with E-state index in [4.69, 9.17) is 11.5 Å². The molecule has 0 bridgehead atoms. The van der Waals surface area contributed by atoms with E-state index in [1.165, 1.54) is 19.0 Å². The summed E-state index contributed by atoms with van der Waals surface area (Å²) in [5, 5.41) is 12.8. The number of nitrogens with one attached hydrogen (secondary N) is 4. The predicted octanol–water partition coefficient (Wildman–Crippen LogP) is 2.12. The van der Waals surface area contributed by atoms with Crippen molar-refractivity contribution in [3.63, 3.8) is 0 Å². The van der Waals surface area contributed by atoms with Gasteiger partial charge in [-0.25, -0.2) is 4.98 Å². The second-order valence-corrected chi connectivity index (χ2v) is 8.57. The first-order valence-electron chi connectivity index (χ1n) is 12.0. The van der Waals surface area contributed by atoms with Gasteiger partial charge in [-0.15, -0.1) is 0 Å². The number of nitrogens with two attached hydrogens (primary N) is 2. The molecule has 0 spiro atoms. The Labute approximate surface area is 200 Å². The van der Waals surface area contributed by atoms with E-state index in [1.807, 2.05) is 6.92 Å². The summed E-state index contributed by atoms with van der Waals surface area (Å²) in [4.78, 5) is 32.8. The van der Waals surface area contributed by atoms with Crippen LogP contribution >= 0.6 is 0 Å². The molecule has 1 fully saturated rings. The first kappa shape index (κ1) is 25.4. The summed E-state index contributed by atoms with van der Waals surface area (Å²) in [7, 11) is 0. The van der Waals surface area contributed by atoms with E-state index in [1.54, 1.807) is 24.3 Å². The molecule has 1 aliphatic carbocycles. The molecule has 2 amide bonds. The van der Waals surface area contributed by atoms with Crippen LogP contribution in [0.3, 0.4) is 0 Å². The first-order valence-corrected chi connectivity index (χ1v) is 12.0. The van der Waals surface area contributed by atoms with Crippen LogP contribution in [0.2, 0.25) is 0 Å². The Kier molecular flexibility index (Phi) is 9.60. The summed E-state index contributed by atoms with van der Waals surface area (Å²) < 4.78 is 0. The molecule has 1 aliphatic rings. The van der Waals surface area contributed by atoms with Crippen LogP contribution in [0.25, 0.3) is 0 Å². The molecule has 10 nitrogen and oxygen atoms in total. The maximum Gasteiger partial charge on any atom is 0.256 e. The molecule has 34 heavy (non-hydrogen) atoms. The van der Waals surface area contributed by atoms with Crippen molar-refractivity contribution in [2.24, 2.45) is 11.5 Å². The third-order valence-electron chi connectivity index (χ3n) is 5.87. The minimum Gasteiger partial charge on any atom is -0.369 e. The Bertz CT molecular complexity index is 950. The van der Waals surface area contributed by atoms with E-state index in [0.29, 0.717) is 47.7 Å². The standard InChI is InChI=1S/C24H36N8O2/c1-2-12-28-22-18(23(34)29-14-5-13-27-20-7-4-3-6-19(20)25)15-30-24(32-22)31-17-10-8-16(9-11-17)21(26)33/h8-11,15,19-20,27H,2-7,12-14,25H2,1H3,(H2,26,33)(H,29,34)(H2,28,30,31,32)/t19-,20?/m0/s1. The third-order valence-corrected chi connectivity index (χ3v) is 5.87. The zero-order chi connectivity index (χ0) is 24.3. The van der Waals surface area contributed by atoms with E-state index in [0.717, 1.165) is 32.2 Å². The number of aromatic nitrogens is 2. The highest BCUT2D eigenvalue weighted by Gasteiger charge is 2.20. The molecule has 2 atom stereocenters. The molecular weight excluding hydrogens is 432 g/mol. The number of amides is 2. The van der Waals surface area contributed by atoms with Crippen molar-refractivity contribution in [1.29, 1.82) is 0 Å². The largest absolute Gasteiger partial charge is 0.369 e. The number of nitrogens with zero attached hydrogens (tertiary/aromatic N) is 2. The molecule has 0 aliphatic heterocycles. The maximum absolute atomic E-state index is 12.8. The van der Waals surface area contributed by atoms with E-state index in [2.05, 4.69) is 31.2 Å². The van der Waals surface area contributed by atoms with E-state index < -0.39 is 5.91 Å². The number of anilines is 3. The summed E-state index contributed by atoms with van der Waals surface area (Å²) in [6.07, 6.45) is 7.84. The van der Waals surface area contributed by atoms with Crippen LogP contribution in [0, 0.1) is 0 Å². The highest BCUT2D eigenvalue weighted by molar-refractivity contribution is 5.98. The second-order valence-electron chi connectivity index (χ2n) is 8.57. The molecule has 10 heteroatoms. The summed E-state index contributed by atoms with van der Waals surface area (Å²) in [6.45, 7) is 4.08. The van der Waals surface area contributed by atoms with Crippen molar-refractivity contribution in [3.05, 3.63) is 41.6 Å². The van der Waals surface area contributed by atoms with Gasteiger partial charge in [0, 0.05) is 42.6 Å². The summed E-state index contributed by atoms with van der Waals surface area (Å²) in [6, 6.07) is 7.28. The fourth-order valence-corrected chi connectivity index (χ4v) is 3.92. The second kappa shape index (κ2) is 12.9. The van der Waals surface area contributed by atoms with Gasteiger partial charge < -0.3 is 32.7 Å². The van der Waals surface area contributed by atoms with Gasteiger partial charge in [0.2, 0.25) is 11.9 Å². The molecule has 1 saturated carbocycles. The zero-order valence-corrected chi connectivity index (χ0v) is 19.8. The van der Waals surface area contributed by atoms with Crippen molar-refractivity contribution in [2.75, 3.05) is 30.3 Å². The molecule has 0 radical (unpaired) electrons. The van der Waals surface area contributed by atoms with E-state index in [9.17, 15) is 9.59 Å². The lowest BCUT2D eigenvalue weighted by Gasteiger charge is -2.29. The molecule has 8 N–H and O–H groups in total. The number of rotatable bonds is 12. The summed E-state index contributed by atoms with van der Waals surface area (Å²) in [5.74, 6) is 0.106. The van der Waals surface area contributed by atoms with Crippen LogP contribution in [-0.4, -0.2) is 53.5 Å². The Hall–Kier alpha value is -3.24. The fourth-order valence-electron chi connectivity index (χ4n) is 3.92. The van der Waals surface area contributed by atoms with E-state index >= 15 is 0 Å². The van der Waals surface area contributed by atoms with Crippen molar-refractivity contribution < 1.29 is 9.59 Å². The Balaban J connectivity index is 1.55. The molecule has 1 unspecified atom stereocenters. The highest BCUT2D eigenvalue weighted by Crippen LogP contribution is 2.19. The Morgan fingerprint density at radius 1 is 1.09 bits per heavy atom. The fraction of sp³-hybridized carbons (Fsp3) is 0.500. The van der Waals surface area contributed by atoms with Crippen LogP contribution in [0.5, 0.6) is 0 Å². The van der Waals surface area contributed by atoms with Gasteiger partial charge in [0.25, 0.3) is 5.91 Å². The van der Waals surface area contributed by atoms with Gasteiger partial charge in [0.05, 0.1) is 0 Å². The molecule has 1 heterocycles. The number of benzene rings is 1. The van der Waals surface area contributed by atoms with Crippen LogP contribution in [0.15, 0.2) is 30.5 Å².